The van der Waals surface area contributed by atoms with Crippen LogP contribution in [0.1, 0.15) is 11.6 Å². The molecule has 2 aromatic carbocycles. The van der Waals surface area contributed by atoms with Crippen LogP contribution in [0, 0.1) is 0 Å². The maximum absolute atomic E-state index is 11.4. The highest BCUT2D eigenvalue weighted by Crippen LogP contribution is 2.29. The SMILES string of the molecule is O=C(O)C(Nc1ccc(Cl)cc1)c1ccc(Br)cc1Cl. The van der Waals surface area contributed by atoms with Gasteiger partial charge in [-0.15, -0.1) is 0 Å². The second-order valence-electron chi connectivity index (χ2n) is 4.09. The Morgan fingerprint density at radius 3 is 2.35 bits per heavy atom. The average molecular weight is 375 g/mol. The van der Waals surface area contributed by atoms with Crippen LogP contribution in [0.15, 0.2) is 46.9 Å². The van der Waals surface area contributed by atoms with E-state index < -0.39 is 12.0 Å². The quantitative estimate of drug-likeness (QED) is 0.792. The molecule has 20 heavy (non-hydrogen) atoms. The van der Waals surface area contributed by atoms with E-state index in [0.29, 0.717) is 21.3 Å². The summed E-state index contributed by atoms with van der Waals surface area (Å²) in [7, 11) is 0. The molecule has 0 bridgehead atoms. The lowest BCUT2D eigenvalue weighted by atomic mass is 10.1. The molecule has 3 nitrogen and oxygen atoms in total. The first-order chi connectivity index (χ1) is 9.47. The first-order valence-electron chi connectivity index (χ1n) is 5.67. The molecule has 0 amide bonds. The standard InChI is InChI=1S/C14H10BrCl2NO2/c15-8-1-6-11(12(17)7-8)13(14(19)20)18-10-4-2-9(16)3-5-10/h1-7,13,18H,(H,19,20). The van der Waals surface area contributed by atoms with Gasteiger partial charge in [-0.2, -0.15) is 0 Å². The van der Waals surface area contributed by atoms with Crippen LogP contribution in [0.2, 0.25) is 10.0 Å². The van der Waals surface area contributed by atoms with E-state index in [4.69, 9.17) is 23.2 Å². The number of hydrogen-bond donors (Lipinski definition) is 2. The second kappa shape index (κ2) is 6.48. The van der Waals surface area contributed by atoms with Gasteiger partial charge in [0, 0.05) is 25.8 Å². The predicted molar refractivity (Wildman–Crippen MR) is 84.6 cm³/mol. The molecule has 0 aliphatic rings. The summed E-state index contributed by atoms with van der Waals surface area (Å²) in [5.41, 5.74) is 1.15. The Labute approximate surface area is 134 Å². The predicted octanol–water partition coefficient (Wildman–Crippen LogP) is 4.99. The van der Waals surface area contributed by atoms with Crippen molar-refractivity contribution < 1.29 is 9.90 Å². The van der Waals surface area contributed by atoms with E-state index in [0.717, 1.165) is 4.47 Å². The zero-order valence-corrected chi connectivity index (χ0v) is 13.2. The zero-order chi connectivity index (χ0) is 14.7. The van der Waals surface area contributed by atoms with Gasteiger partial charge in [0.15, 0.2) is 6.04 Å². The number of carbonyl (C=O) groups is 1. The summed E-state index contributed by atoms with van der Waals surface area (Å²) in [5.74, 6) is -1.01. The molecular formula is C14H10BrCl2NO2. The summed E-state index contributed by atoms with van der Waals surface area (Å²) in [6, 6.07) is 11.0. The van der Waals surface area contributed by atoms with E-state index in [-0.39, 0.29) is 0 Å². The third-order valence-electron chi connectivity index (χ3n) is 2.68. The van der Waals surface area contributed by atoms with E-state index >= 15 is 0 Å². The van der Waals surface area contributed by atoms with Crippen molar-refractivity contribution in [2.45, 2.75) is 6.04 Å². The summed E-state index contributed by atoms with van der Waals surface area (Å²) < 4.78 is 0.793. The largest absolute Gasteiger partial charge is 0.479 e. The Bertz CT molecular complexity index is 632. The minimum Gasteiger partial charge on any atom is -0.479 e. The number of halogens is 3. The van der Waals surface area contributed by atoms with E-state index in [9.17, 15) is 9.90 Å². The van der Waals surface area contributed by atoms with E-state index in [1.165, 1.54) is 0 Å². The van der Waals surface area contributed by atoms with Crippen molar-refractivity contribution in [3.8, 4) is 0 Å². The number of nitrogens with one attached hydrogen (secondary N) is 1. The molecule has 2 N–H and O–H groups in total. The fraction of sp³-hybridized carbons (Fsp3) is 0.0714. The maximum atomic E-state index is 11.4. The molecule has 104 valence electrons. The molecule has 1 atom stereocenters. The maximum Gasteiger partial charge on any atom is 0.330 e. The average Bonchev–Trinajstić information content (AvgIpc) is 2.39. The van der Waals surface area contributed by atoms with Gasteiger partial charge >= 0.3 is 5.97 Å². The van der Waals surface area contributed by atoms with Gasteiger partial charge in [-0.25, -0.2) is 4.79 Å². The van der Waals surface area contributed by atoms with Gasteiger partial charge in [-0.05, 0) is 36.4 Å². The van der Waals surface area contributed by atoms with Crippen LogP contribution < -0.4 is 5.32 Å². The summed E-state index contributed by atoms with van der Waals surface area (Å²) in [6.07, 6.45) is 0. The molecule has 0 spiro atoms. The molecule has 0 saturated carbocycles. The highest BCUT2D eigenvalue weighted by Gasteiger charge is 2.22. The normalized spacial score (nSPS) is 11.9. The Morgan fingerprint density at radius 2 is 1.80 bits per heavy atom. The van der Waals surface area contributed by atoms with Crippen LogP contribution in [0.3, 0.4) is 0 Å². The molecule has 2 aromatic rings. The minimum atomic E-state index is -1.01. The van der Waals surface area contributed by atoms with Crippen LogP contribution in [0.25, 0.3) is 0 Å². The number of carboxylic acids is 1. The molecule has 2 rings (SSSR count). The van der Waals surface area contributed by atoms with Crippen LogP contribution in [-0.2, 0) is 4.79 Å². The molecule has 0 aromatic heterocycles. The zero-order valence-electron chi connectivity index (χ0n) is 10.1. The fourth-order valence-corrected chi connectivity index (χ4v) is 2.63. The molecule has 0 aliphatic carbocycles. The van der Waals surface area contributed by atoms with Gasteiger partial charge in [0.05, 0.1) is 0 Å². The number of carboxylic acid groups (broad SMARTS) is 1. The molecular weight excluding hydrogens is 365 g/mol. The molecule has 6 heteroatoms. The van der Waals surface area contributed by atoms with Gasteiger partial charge in [0.1, 0.15) is 0 Å². The third-order valence-corrected chi connectivity index (χ3v) is 3.75. The van der Waals surface area contributed by atoms with Gasteiger partial charge < -0.3 is 10.4 Å². The van der Waals surface area contributed by atoms with Gasteiger partial charge in [0.2, 0.25) is 0 Å². The monoisotopic (exact) mass is 373 g/mol. The number of benzene rings is 2. The highest BCUT2D eigenvalue weighted by molar-refractivity contribution is 9.10. The van der Waals surface area contributed by atoms with E-state index in [1.807, 2.05) is 0 Å². The summed E-state index contributed by atoms with van der Waals surface area (Å²) in [6.45, 7) is 0. The van der Waals surface area contributed by atoms with E-state index in [1.54, 1.807) is 42.5 Å². The minimum absolute atomic E-state index is 0.383. The Hall–Kier alpha value is -1.23. The fourth-order valence-electron chi connectivity index (χ4n) is 1.72. The summed E-state index contributed by atoms with van der Waals surface area (Å²) in [5, 5.41) is 13.3. The van der Waals surface area contributed by atoms with Gasteiger partial charge in [-0.1, -0.05) is 45.2 Å². The van der Waals surface area contributed by atoms with Crippen molar-refractivity contribution in [1.82, 2.24) is 0 Å². The van der Waals surface area contributed by atoms with Gasteiger partial charge in [0.25, 0.3) is 0 Å². The topological polar surface area (TPSA) is 49.3 Å². The van der Waals surface area contributed by atoms with Crippen molar-refractivity contribution in [2.24, 2.45) is 0 Å². The molecule has 0 fully saturated rings. The molecule has 0 heterocycles. The Balaban J connectivity index is 2.31. The third kappa shape index (κ3) is 3.66. The molecule has 1 unspecified atom stereocenters. The van der Waals surface area contributed by atoms with Crippen molar-refractivity contribution in [2.75, 3.05) is 5.32 Å². The van der Waals surface area contributed by atoms with Crippen LogP contribution in [0.5, 0.6) is 0 Å². The van der Waals surface area contributed by atoms with Gasteiger partial charge in [-0.3, -0.25) is 0 Å². The second-order valence-corrected chi connectivity index (χ2v) is 5.85. The molecule has 0 radical (unpaired) electrons. The van der Waals surface area contributed by atoms with Crippen molar-refractivity contribution in [3.05, 3.63) is 62.5 Å². The summed E-state index contributed by atoms with van der Waals surface area (Å²) in [4.78, 5) is 11.4. The lowest BCUT2D eigenvalue weighted by Crippen LogP contribution is -2.20. The first kappa shape index (κ1) is 15.2. The highest BCUT2D eigenvalue weighted by atomic mass is 79.9. The van der Waals surface area contributed by atoms with Crippen molar-refractivity contribution in [1.29, 1.82) is 0 Å². The van der Waals surface area contributed by atoms with Crippen LogP contribution in [0.4, 0.5) is 5.69 Å². The number of aliphatic carboxylic acids is 1. The Morgan fingerprint density at radius 1 is 1.15 bits per heavy atom. The van der Waals surface area contributed by atoms with E-state index in [2.05, 4.69) is 21.2 Å². The van der Waals surface area contributed by atoms with Crippen molar-refractivity contribution >= 4 is 50.8 Å². The number of anilines is 1. The molecule has 0 saturated heterocycles. The Kier molecular flexibility index (Phi) is 4.91. The lowest BCUT2D eigenvalue weighted by Gasteiger charge is -2.17. The number of hydrogen-bond acceptors (Lipinski definition) is 2. The lowest BCUT2D eigenvalue weighted by molar-refractivity contribution is -0.138. The number of rotatable bonds is 4. The van der Waals surface area contributed by atoms with Crippen LogP contribution in [-0.4, -0.2) is 11.1 Å². The van der Waals surface area contributed by atoms with Crippen molar-refractivity contribution in [3.63, 3.8) is 0 Å². The van der Waals surface area contributed by atoms with Crippen LogP contribution >= 0.6 is 39.1 Å². The summed E-state index contributed by atoms with van der Waals surface area (Å²) >= 11 is 15.2. The first-order valence-corrected chi connectivity index (χ1v) is 7.22. The smallest absolute Gasteiger partial charge is 0.330 e. The molecule has 0 aliphatic heterocycles.